The minimum Gasteiger partial charge on any atom is -0.367 e. The first-order valence-electron chi connectivity index (χ1n) is 11.5. The van der Waals surface area contributed by atoms with Gasteiger partial charge in [0.2, 0.25) is 0 Å². The van der Waals surface area contributed by atoms with Gasteiger partial charge in [-0.1, -0.05) is 110 Å². The second kappa shape index (κ2) is 14.4. The SMILES string of the molecule is CCCCCCCCCCCCCCCCCCC1(C(N)=O)NC(=O)NC1=O. The van der Waals surface area contributed by atoms with Gasteiger partial charge in [0.05, 0.1) is 0 Å². The van der Waals surface area contributed by atoms with E-state index >= 15 is 0 Å². The van der Waals surface area contributed by atoms with E-state index in [1.54, 1.807) is 0 Å². The summed E-state index contributed by atoms with van der Waals surface area (Å²) in [6.45, 7) is 2.26. The Balaban J connectivity index is 1.91. The number of nitrogens with one attached hydrogen (secondary N) is 2. The minimum absolute atomic E-state index is 0.276. The molecule has 162 valence electrons. The number of imide groups is 1. The van der Waals surface area contributed by atoms with Crippen molar-refractivity contribution in [2.75, 3.05) is 0 Å². The number of unbranched alkanes of at least 4 members (excludes halogenated alkanes) is 15. The second-order valence-electron chi connectivity index (χ2n) is 8.23. The van der Waals surface area contributed by atoms with Gasteiger partial charge < -0.3 is 11.1 Å². The van der Waals surface area contributed by atoms with E-state index in [2.05, 4.69) is 17.6 Å². The zero-order valence-electron chi connectivity index (χ0n) is 17.8. The van der Waals surface area contributed by atoms with E-state index in [0.29, 0.717) is 6.42 Å². The maximum atomic E-state index is 11.8. The monoisotopic (exact) mass is 395 g/mol. The molecule has 1 aliphatic rings. The van der Waals surface area contributed by atoms with Gasteiger partial charge in [0.1, 0.15) is 0 Å². The highest BCUT2D eigenvalue weighted by Gasteiger charge is 2.50. The summed E-state index contributed by atoms with van der Waals surface area (Å²) in [6, 6.07) is -0.639. The van der Waals surface area contributed by atoms with Crippen molar-refractivity contribution in [2.45, 2.75) is 122 Å². The summed E-state index contributed by atoms with van der Waals surface area (Å²) in [5.74, 6) is -1.40. The highest BCUT2D eigenvalue weighted by atomic mass is 16.2. The molecule has 0 radical (unpaired) electrons. The fourth-order valence-corrected chi connectivity index (χ4v) is 3.90. The van der Waals surface area contributed by atoms with Gasteiger partial charge in [-0.25, -0.2) is 4.79 Å². The summed E-state index contributed by atoms with van der Waals surface area (Å²) < 4.78 is 0. The smallest absolute Gasteiger partial charge is 0.322 e. The van der Waals surface area contributed by atoms with Crippen LogP contribution in [0.1, 0.15) is 116 Å². The molecule has 0 bridgehead atoms. The zero-order valence-corrected chi connectivity index (χ0v) is 17.8. The van der Waals surface area contributed by atoms with Crippen LogP contribution in [0, 0.1) is 0 Å². The molecule has 0 aromatic carbocycles. The number of primary amides is 1. The number of carbonyl (C=O) groups excluding carboxylic acids is 3. The third kappa shape index (κ3) is 9.07. The third-order valence-electron chi connectivity index (χ3n) is 5.77. The summed E-state index contributed by atoms with van der Waals surface area (Å²) in [6.07, 6.45) is 20.5. The number of hydrogen-bond acceptors (Lipinski definition) is 3. The minimum atomic E-state index is -1.55. The molecule has 0 aromatic rings. The molecule has 1 rings (SSSR count). The molecule has 1 heterocycles. The van der Waals surface area contributed by atoms with Crippen molar-refractivity contribution in [2.24, 2.45) is 5.73 Å². The van der Waals surface area contributed by atoms with E-state index in [1.807, 2.05) is 0 Å². The van der Waals surface area contributed by atoms with Crippen LogP contribution < -0.4 is 16.4 Å². The molecule has 6 nitrogen and oxygen atoms in total. The Kier molecular flexibility index (Phi) is 12.6. The molecular weight excluding hydrogens is 354 g/mol. The maximum absolute atomic E-state index is 11.8. The van der Waals surface area contributed by atoms with E-state index in [-0.39, 0.29) is 6.42 Å². The Labute approximate surface area is 170 Å². The average Bonchev–Trinajstić information content (AvgIpc) is 2.95. The van der Waals surface area contributed by atoms with Gasteiger partial charge in [-0.05, 0) is 6.42 Å². The Morgan fingerprint density at radius 3 is 1.46 bits per heavy atom. The van der Waals surface area contributed by atoms with Crippen LogP contribution in [0.5, 0.6) is 0 Å². The number of amides is 4. The quantitative estimate of drug-likeness (QED) is 0.178. The molecular formula is C22H41N3O3. The van der Waals surface area contributed by atoms with Crippen molar-refractivity contribution < 1.29 is 14.4 Å². The molecule has 4 amide bonds. The molecule has 0 spiro atoms. The third-order valence-corrected chi connectivity index (χ3v) is 5.77. The summed E-state index contributed by atoms with van der Waals surface area (Å²) in [5.41, 5.74) is 3.79. The Morgan fingerprint density at radius 1 is 0.750 bits per heavy atom. The van der Waals surface area contributed by atoms with Crippen molar-refractivity contribution in [3.63, 3.8) is 0 Å². The molecule has 28 heavy (non-hydrogen) atoms. The standard InChI is InChI=1S/C22H41N3O3/c1-2-3-4-5-6-7-8-9-10-11-12-13-14-15-16-17-18-22(19(23)26)20(27)24-21(28)25-22/h2-18H2,1H3,(H2,23,26)(H2,24,25,27,28). The van der Waals surface area contributed by atoms with Crippen LogP contribution in [-0.4, -0.2) is 23.4 Å². The normalized spacial score (nSPS) is 18.9. The predicted molar refractivity (Wildman–Crippen MR) is 113 cm³/mol. The number of nitrogens with two attached hydrogens (primary N) is 1. The first kappa shape index (κ1) is 24.4. The molecule has 1 fully saturated rings. The number of carbonyl (C=O) groups is 3. The van der Waals surface area contributed by atoms with Crippen molar-refractivity contribution in [1.82, 2.24) is 10.6 Å². The summed E-state index contributed by atoms with van der Waals surface area (Å²) in [7, 11) is 0. The van der Waals surface area contributed by atoms with E-state index in [4.69, 9.17) is 5.73 Å². The van der Waals surface area contributed by atoms with Gasteiger partial charge in [0.15, 0.2) is 5.54 Å². The van der Waals surface area contributed by atoms with Crippen LogP contribution in [0.25, 0.3) is 0 Å². The van der Waals surface area contributed by atoms with Crippen LogP contribution >= 0.6 is 0 Å². The van der Waals surface area contributed by atoms with E-state index in [9.17, 15) is 14.4 Å². The molecule has 0 aromatic heterocycles. The van der Waals surface area contributed by atoms with Gasteiger partial charge >= 0.3 is 6.03 Å². The van der Waals surface area contributed by atoms with Crippen LogP contribution in [-0.2, 0) is 9.59 Å². The summed E-state index contributed by atoms with van der Waals surface area (Å²) >= 11 is 0. The van der Waals surface area contributed by atoms with E-state index < -0.39 is 23.4 Å². The van der Waals surface area contributed by atoms with Crippen LogP contribution in [0.4, 0.5) is 4.79 Å². The zero-order chi connectivity index (χ0) is 20.7. The second-order valence-corrected chi connectivity index (χ2v) is 8.23. The fourth-order valence-electron chi connectivity index (χ4n) is 3.90. The average molecular weight is 396 g/mol. The number of hydrogen-bond donors (Lipinski definition) is 3. The maximum Gasteiger partial charge on any atom is 0.322 e. The lowest BCUT2D eigenvalue weighted by Gasteiger charge is -2.21. The van der Waals surface area contributed by atoms with Crippen molar-refractivity contribution in [3.05, 3.63) is 0 Å². The molecule has 1 saturated heterocycles. The molecule has 0 saturated carbocycles. The number of urea groups is 1. The first-order chi connectivity index (χ1) is 13.5. The highest BCUT2D eigenvalue weighted by Crippen LogP contribution is 2.20. The van der Waals surface area contributed by atoms with E-state index in [1.165, 1.54) is 83.5 Å². The van der Waals surface area contributed by atoms with Crippen molar-refractivity contribution >= 4 is 17.8 Å². The topological polar surface area (TPSA) is 101 Å². The lowest BCUT2D eigenvalue weighted by molar-refractivity contribution is -0.134. The van der Waals surface area contributed by atoms with Gasteiger partial charge in [-0.15, -0.1) is 0 Å². The fraction of sp³-hybridized carbons (Fsp3) is 0.864. The van der Waals surface area contributed by atoms with Gasteiger partial charge in [-0.3, -0.25) is 14.9 Å². The van der Waals surface area contributed by atoms with E-state index in [0.717, 1.165) is 12.8 Å². The Bertz CT molecular complexity index is 482. The largest absolute Gasteiger partial charge is 0.367 e. The van der Waals surface area contributed by atoms with Crippen LogP contribution in [0.3, 0.4) is 0 Å². The highest BCUT2D eigenvalue weighted by molar-refractivity contribution is 6.19. The molecule has 6 heteroatoms. The lowest BCUT2D eigenvalue weighted by atomic mass is 9.91. The Hall–Kier alpha value is -1.59. The molecule has 1 atom stereocenters. The molecule has 4 N–H and O–H groups in total. The first-order valence-corrected chi connectivity index (χ1v) is 11.5. The van der Waals surface area contributed by atoms with Crippen molar-refractivity contribution in [1.29, 1.82) is 0 Å². The number of rotatable bonds is 18. The summed E-state index contributed by atoms with van der Waals surface area (Å²) in [4.78, 5) is 34.8. The predicted octanol–water partition coefficient (Wildman–Crippen LogP) is 4.70. The van der Waals surface area contributed by atoms with Crippen LogP contribution in [0.15, 0.2) is 0 Å². The molecule has 1 unspecified atom stereocenters. The molecule has 1 aliphatic heterocycles. The molecule has 0 aliphatic carbocycles. The van der Waals surface area contributed by atoms with Gasteiger partial charge in [0, 0.05) is 0 Å². The van der Waals surface area contributed by atoms with Gasteiger partial charge in [-0.2, -0.15) is 0 Å². The van der Waals surface area contributed by atoms with Crippen molar-refractivity contribution in [3.8, 4) is 0 Å². The van der Waals surface area contributed by atoms with Crippen LogP contribution in [0.2, 0.25) is 0 Å². The van der Waals surface area contributed by atoms with Gasteiger partial charge in [0.25, 0.3) is 11.8 Å². The Morgan fingerprint density at radius 2 is 1.14 bits per heavy atom. The summed E-state index contributed by atoms with van der Waals surface area (Å²) in [5, 5.41) is 4.50. The lowest BCUT2D eigenvalue weighted by Crippen LogP contribution is -2.57.